The summed E-state index contributed by atoms with van der Waals surface area (Å²) in [5.74, 6) is -3.72. The fourth-order valence-corrected chi connectivity index (χ4v) is 4.64. The zero-order valence-corrected chi connectivity index (χ0v) is 27.0. The van der Waals surface area contributed by atoms with Crippen LogP contribution in [0.15, 0.2) is 0 Å². The second kappa shape index (κ2) is 29.5. The van der Waals surface area contributed by atoms with E-state index in [1.165, 1.54) is 0 Å². The minimum atomic E-state index is -0.912. The summed E-state index contributed by atoms with van der Waals surface area (Å²) in [5, 5.41) is 26.0. The van der Waals surface area contributed by atoms with Crippen molar-refractivity contribution >= 4 is 35.8 Å². The molecule has 0 aliphatic carbocycles. The maximum atomic E-state index is 12.4. The molecular weight excluding hydrogens is 588 g/mol. The van der Waals surface area contributed by atoms with E-state index in [0.717, 1.165) is 77.0 Å². The van der Waals surface area contributed by atoms with Crippen LogP contribution in [0.5, 0.6) is 0 Å². The molecule has 12 nitrogen and oxygen atoms in total. The molecule has 12 heteroatoms. The Morgan fingerprint density at radius 1 is 0.356 bits per heavy atom. The van der Waals surface area contributed by atoms with Crippen LogP contribution in [0, 0.1) is 0 Å². The molecule has 0 fully saturated rings. The third-order valence-electron chi connectivity index (χ3n) is 7.22. The van der Waals surface area contributed by atoms with Crippen LogP contribution in [-0.2, 0) is 43.0 Å². The number of hydrogen-bond donors (Lipinski definition) is 3. The number of carbonyl (C=O) groups excluding carboxylic acids is 3. The molecule has 0 aromatic carbocycles. The quantitative estimate of drug-likeness (QED) is 0.0404. The molecule has 0 saturated heterocycles. The number of aliphatic carboxylic acids is 3. The van der Waals surface area contributed by atoms with Crippen LogP contribution in [0.2, 0.25) is 0 Å². The van der Waals surface area contributed by atoms with Crippen LogP contribution in [0.4, 0.5) is 0 Å². The maximum absolute atomic E-state index is 12.4. The Balaban J connectivity index is 4.40. The lowest BCUT2D eigenvalue weighted by molar-refractivity contribution is -0.167. The largest absolute Gasteiger partial charge is 0.481 e. The fourth-order valence-electron chi connectivity index (χ4n) is 4.64. The van der Waals surface area contributed by atoms with Crippen molar-refractivity contribution in [2.75, 3.05) is 13.2 Å². The smallest absolute Gasteiger partial charge is 0.306 e. The third kappa shape index (κ3) is 32.0. The van der Waals surface area contributed by atoms with Gasteiger partial charge in [-0.05, 0) is 38.5 Å². The summed E-state index contributed by atoms with van der Waals surface area (Å²) in [5.41, 5.74) is 0. The highest BCUT2D eigenvalue weighted by molar-refractivity contribution is 5.71. The molecule has 0 heterocycles. The van der Waals surface area contributed by atoms with Gasteiger partial charge in [-0.1, -0.05) is 77.0 Å². The highest BCUT2D eigenvalue weighted by atomic mass is 16.6. The van der Waals surface area contributed by atoms with Crippen molar-refractivity contribution in [3.05, 3.63) is 0 Å². The van der Waals surface area contributed by atoms with Gasteiger partial charge in [-0.2, -0.15) is 0 Å². The Morgan fingerprint density at radius 3 is 0.889 bits per heavy atom. The van der Waals surface area contributed by atoms with E-state index in [4.69, 9.17) is 29.5 Å². The van der Waals surface area contributed by atoms with Crippen LogP contribution in [0.25, 0.3) is 0 Å². The zero-order chi connectivity index (χ0) is 33.5. The Kier molecular flexibility index (Phi) is 27.4. The molecule has 0 radical (unpaired) electrons. The predicted octanol–water partition coefficient (Wildman–Crippen LogP) is 6.60. The van der Waals surface area contributed by atoms with E-state index in [1.807, 2.05) is 0 Å². The molecule has 260 valence electrons. The van der Waals surface area contributed by atoms with Crippen molar-refractivity contribution in [2.24, 2.45) is 0 Å². The van der Waals surface area contributed by atoms with Gasteiger partial charge >= 0.3 is 35.8 Å². The van der Waals surface area contributed by atoms with Gasteiger partial charge in [0.15, 0.2) is 6.10 Å². The Labute approximate surface area is 267 Å². The molecular formula is C33H56O12. The Bertz CT molecular complexity index is 796. The molecule has 0 aromatic heterocycles. The Hall–Kier alpha value is -3.18. The van der Waals surface area contributed by atoms with E-state index in [0.29, 0.717) is 38.5 Å². The lowest BCUT2D eigenvalue weighted by Gasteiger charge is -2.18. The second-order valence-corrected chi connectivity index (χ2v) is 11.5. The van der Waals surface area contributed by atoms with Crippen LogP contribution in [0.3, 0.4) is 0 Å². The average molecular weight is 645 g/mol. The van der Waals surface area contributed by atoms with E-state index >= 15 is 0 Å². The van der Waals surface area contributed by atoms with Crippen molar-refractivity contribution < 1.29 is 58.3 Å². The number of hydrogen-bond acceptors (Lipinski definition) is 9. The molecule has 0 spiro atoms. The Morgan fingerprint density at radius 2 is 0.600 bits per heavy atom. The van der Waals surface area contributed by atoms with E-state index in [2.05, 4.69) is 0 Å². The number of ether oxygens (including phenoxy) is 3. The van der Waals surface area contributed by atoms with Crippen LogP contribution < -0.4 is 0 Å². The summed E-state index contributed by atoms with van der Waals surface area (Å²) in [6, 6.07) is 0. The van der Waals surface area contributed by atoms with E-state index in [9.17, 15) is 28.8 Å². The van der Waals surface area contributed by atoms with Crippen molar-refractivity contribution in [3.8, 4) is 0 Å². The molecule has 0 rings (SSSR count). The van der Waals surface area contributed by atoms with Crippen LogP contribution in [0.1, 0.15) is 154 Å². The zero-order valence-electron chi connectivity index (χ0n) is 27.0. The first-order chi connectivity index (χ1) is 21.6. The number of carbonyl (C=O) groups is 6. The van der Waals surface area contributed by atoms with E-state index < -0.39 is 41.9 Å². The fraction of sp³-hybridized carbons (Fsp3) is 0.818. The molecule has 0 atom stereocenters. The average Bonchev–Trinajstić information content (AvgIpc) is 2.98. The van der Waals surface area contributed by atoms with Crippen molar-refractivity contribution in [3.63, 3.8) is 0 Å². The van der Waals surface area contributed by atoms with Gasteiger partial charge in [-0.15, -0.1) is 0 Å². The second-order valence-electron chi connectivity index (χ2n) is 11.5. The standard InChI is InChI=1S/C33H56O12/c34-28(35)19-13-7-1-4-10-16-22-31(40)43-25-27(45-33(42)24-18-12-6-3-9-15-21-30(38)39)26-44-32(41)23-17-11-5-2-8-14-20-29(36)37/h27H,1-26H2,(H,34,35)(H,36,37)(H,38,39). The summed E-state index contributed by atoms with van der Waals surface area (Å²) in [4.78, 5) is 68.6. The van der Waals surface area contributed by atoms with Gasteiger partial charge < -0.3 is 29.5 Å². The predicted molar refractivity (Wildman–Crippen MR) is 166 cm³/mol. The van der Waals surface area contributed by atoms with Crippen molar-refractivity contribution in [1.29, 1.82) is 0 Å². The first-order valence-electron chi connectivity index (χ1n) is 16.8. The molecule has 0 aliphatic rings. The summed E-state index contributed by atoms with van der Waals surface area (Å²) in [6.45, 7) is -0.431. The minimum absolute atomic E-state index is 0.162. The molecule has 0 aliphatic heterocycles. The summed E-state index contributed by atoms with van der Waals surface area (Å²) < 4.78 is 16.1. The monoisotopic (exact) mass is 644 g/mol. The number of rotatable bonds is 32. The molecule has 0 unspecified atom stereocenters. The van der Waals surface area contributed by atoms with E-state index in [1.54, 1.807) is 0 Å². The third-order valence-corrected chi connectivity index (χ3v) is 7.22. The normalized spacial score (nSPS) is 10.9. The van der Waals surface area contributed by atoms with Gasteiger partial charge in [0.25, 0.3) is 0 Å². The topological polar surface area (TPSA) is 191 Å². The molecule has 0 saturated carbocycles. The molecule has 0 amide bonds. The van der Waals surface area contributed by atoms with Gasteiger partial charge in [0.1, 0.15) is 13.2 Å². The summed E-state index contributed by atoms with van der Waals surface area (Å²) in [6.07, 6.45) is 14.3. The molecule has 45 heavy (non-hydrogen) atoms. The summed E-state index contributed by atoms with van der Waals surface area (Å²) >= 11 is 0. The highest BCUT2D eigenvalue weighted by Crippen LogP contribution is 2.13. The van der Waals surface area contributed by atoms with Gasteiger partial charge in [-0.3, -0.25) is 28.8 Å². The number of carboxylic acids is 3. The van der Waals surface area contributed by atoms with Gasteiger partial charge in [0.05, 0.1) is 0 Å². The minimum Gasteiger partial charge on any atom is -0.481 e. The van der Waals surface area contributed by atoms with E-state index in [-0.39, 0.29) is 51.7 Å². The first kappa shape index (κ1) is 41.8. The SMILES string of the molecule is O=C(O)CCCCCCCCC(=O)OCC(COC(=O)CCCCCCCCC(=O)O)OC(=O)CCCCCCCCC(=O)O. The number of carboxylic acid groups (broad SMARTS) is 3. The van der Waals surface area contributed by atoms with Gasteiger partial charge in [0, 0.05) is 38.5 Å². The van der Waals surface area contributed by atoms with Gasteiger partial charge in [-0.25, -0.2) is 0 Å². The number of unbranched alkanes of at least 4 members (excludes halogenated alkanes) is 15. The highest BCUT2D eigenvalue weighted by Gasteiger charge is 2.19. The number of esters is 3. The summed E-state index contributed by atoms with van der Waals surface area (Å²) in [7, 11) is 0. The molecule has 0 bridgehead atoms. The first-order valence-corrected chi connectivity index (χ1v) is 16.8. The van der Waals surface area contributed by atoms with Gasteiger partial charge in [0.2, 0.25) is 0 Å². The molecule has 0 aromatic rings. The van der Waals surface area contributed by atoms with Crippen LogP contribution in [-0.4, -0.2) is 70.5 Å². The lowest BCUT2D eigenvalue weighted by Crippen LogP contribution is -2.30. The van der Waals surface area contributed by atoms with Crippen molar-refractivity contribution in [1.82, 2.24) is 0 Å². The van der Waals surface area contributed by atoms with Crippen molar-refractivity contribution in [2.45, 2.75) is 160 Å². The van der Waals surface area contributed by atoms with Crippen LogP contribution >= 0.6 is 0 Å². The maximum Gasteiger partial charge on any atom is 0.306 e. The molecule has 3 N–H and O–H groups in total. The lowest BCUT2D eigenvalue weighted by atomic mass is 10.1.